The summed E-state index contributed by atoms with van der Waals surface area (Å²) in [5.74, 6) is -0.226. The Morgan fingerprint density at radius 2 is 1.75 bits per heavy atom. The highest BCUT2D eigenvalue weighted by atomic mass is 16.6. The number of rotatable bonds is 3. The third kappa shape index (κ3) is 3.65. The van der Waals surface area contributed by atoms with E-state index in [1.54, 1.807) is 18.2 Å². The van der Waals surface area contributed by atoms with Gasteiger partial charge in [-0.2, -0.15) is 0 Å². The lowest BCUT2D eigenvalue weighted by molar-refractivity contribution is -0.136. The molecule has 6 nitrogen and oxygen atoms in total. The molecule has 2 aromatic carbocycles. The molecule has 2 aromatic rings. The largest absolute Gasteiger partial charge is 0.486 e. The van der Waals surface area contributed by atoms with E-state index < -0.39 is 11.8 Å². The van der Waals surface area contributed by atoms with Crippen LogP contribution in [0.2, 0.25) is 0 Å². The van der Waals surface area contributed by atoms with E-state index in [1.165, 1.54) is 0 Å². The van der Waals surface area contributed by atoms with Crippen LogP contribution >= 0.6 is 0 Å². The van der Waals surface area contributed by atoms with E-state index in [4.69, 9.17) is 9.47 Å². The lowest BCUT2D eigenvalue weighted by Gasteiger charge is -2.18. The topological polar surface area (TPSA) is 76.7 Å². The molecule has 0 radical (unpaired) electrons. The second-order valence-electron chi connectivity index (χ2n) is 5.42. The maximum absolute atomic E-state index is 12.0. The molecule has 0 fully saturated rings. The van der Waals surface area contributed by atoms with Gasteiger partial charge in [-0.15, -0.1) is 0 Å². The Balaban J connectivity index is 1.58. The van der Waals surface area contributed by atoms with Crippen molar-refractivity contribution in [2.75, 3.05) is 18.5 Å². The molecular weight excluding hydrogens is 308 g/mol. The number of fused-ring (bicyclic) bond motifs is 1. The Bertz CT molecular complexity index is 773. The quantitative estimate of drug-likeness (QED) is 0.846. The molecule has 0 aliphatic carbocycles. The molecule has 24 heavy (non-hydrogen) atoms. The summed E-state index contributed by atoms with van der Waals surface area (Å²) in [6.07, 6.45) is 0. The van der Waals surface area contributed by atoms with E-state index in [9.17, 15) is 9.59 Å². The van der Waals surface area contributed by atoms with Crippen molar-refractivity contribution in [1.29, 1.82) is 0 Å². The molecule has 0 saturated carbocycles. The standard InChI is InChI=1S/C18H18N2O4/c1-12-4-2-3-5-13(12)11-19-17(21)18(22)20-14-6-7-15-16(10-14)24-9-8-23-15/h2-7,10H,8-9,11H2,1H3,(H,19,21)(H,20,22). The fourth-order valence-electron chi connectivity index (χ4n) is 2.37. The van der Waals surface area contributed by atoms with Crippen LogP contribution in [0, 0.1) is 6.92 Å². The lowest BCUT2D eigenvalue weighted by atomic mass is 10.1. The number of hydrogen-bond donors (Lipinski definition) is 2. The summed E-state index contributed by atoms with van der Waals surface area (Å²) in [5.41, 5.74) is 2.51. The van der Waals surface area contributed by atoms with Crippen molar-refractivity contribution >= 4 is 17.5 Å². The number of carbonyl (C=O) groups is 2. The Labute approximate surface area is 139 Å². The first-order valence-electron chi connectivity index (χ1n) is 7.67. The summed E-state index contributed by atoms with van der Waals surface area (Å²) in [4.78, 5) is 23.9. The summed E-state index contributed by atoms with van der Waals surface area (Å²) >= 11 is 0. The molecule has 1 aliphatic rings. The van der Waals surface area contributed by atoms with Gasteiger partial charge in [0.25, 0.3) is 0 Å². The third-order valence-corrected chi connectivity index (χ3v) is 3.71. The van der Waals surface area contributed by atoms with Gasteiger partial charge in [-0.05, 0) is 30.2 Å². The predicted octanol–water partition coefficient (Wildman–Crippen LogP) is 2.02. The van der Waals surface area contributed by atoms with Crippen LogP contribution in [0.5, 0.6) is 11.5 Å². The minimum atomic E-state index is -0.722. The molecule has 0 spiro atoms. The molecule has 2 N–H and O–H groups in total. The highest BCUT2D eigenvalue weighted by Gasteiger charge is 2.16. The first-order valence-corrected chi connectivity index (χ1v) is 7.67. The van der Waals surface area contributed by atoms with Gasteiger partial charge in [0.1, 0.15) is 13.2 Å². The van der Waals surface area contributed by atoms with E-state index >= 15 is 0 Å². The molecule has 0 saturated heterocycles. The SMILES string of the molecule is Cc1ccccc1CNC(=O)C(=O)Nc1ccc2c(c1)OCCO2. The van der Waals surface area contributed by atoms with E-state index in [-0.39, 0.29) is 0 Å². The highest BCUT2D eigenvalue weighted by molar-refractivity contribution is 6.39. The van der Waals surface area contributed by atoms with Crippen LogP contribution in [0.3, 0.4) is 0 Å². The van der Waals surface area contributed by atoms with Crippen LogP contribution in [0.1, 0.15) is 11.1 Å². The molecule has 0 bridgehead atoms. The highest BCUT2D eigenvalue weighted by Crippen LogP contribution is 2.32. The molecule has 0 atom stereocenters. The van der Waals surface area contributed by atoms with Crippen molar-refractivity contribution < 1.29 is 19.1 Å². The summed E-state index contributed by atoms with van der Waals surface area (Å²) in [6.45, 7) is 3.22. The van der Waals surface area contributed by atoms with Gasteiger partial charge in [-0.3, -0.25) is 9.59 Å². The van der Waals surface area contributed by atoms with Gasteiger partial charge in [-0.1, -0.05) is 24.3 Å². The first-order chi connectivity index (χ1) is 11.6. The lowest BCUT2D eigenvalue weighted by Crippen LogP contribution is -2.35. The zero-order valence-electron chi connectivity index (χ0n) is 13.3. The molecule has 124 valence electrons. The Kier molecular flexibility index (Phi) is 4.65. The second-order valence-corrected chi connectivity index (χ2v) is 5.42. The number of benzene rings is 2. The number of aryl methyl sites for hydroxylation is 1. The van der Waals surface area contributed by atoms with Gasteiger partial charge in [0.15, 0.2) is 11.5 Å². The van der Waals surface area contributed by atoms with Gasteiger partial charge < -0.3 is 20.1 Å². The summed E-state index contributed by atoms with van der Waals surface area (Å²) < 4.78 is 10.9. The van der Waals surface area contributed by atoms with Gasteiger partial charge >= 0.3 is 11.8 Å². The molecule has 6 heteroatoms. The Morgan fingerprint density at radius 3 is 2.54 bits per heavy atom. The summed E-state index contributed by atoms with van der Waals surface area (Å²) in [7, 11) is 0. The van der Waals surface area contributed by atoms with Crippen molar-refractivity contribution in [3.63, 3.8) is 0 Å². The molecule has 3 rings (SSSR count). The third-order valence-electron chi connectivity index (χ3n) is 3.71. The average Bonchev–Trinajstić information content (AvgIpc) is 2.60. The van der Waals surface area contributed by atoms with Crippen LogP contribution in [-0.2, 0) is 16.1 Å². The minimum Gasteiger partial charge on any atom is -0.486 e. The van der Waals surface area contributed by atoms with Gasteiger partial charge in [0, 0.05) is 18.3 Å². The number of anilines is 1. The normalized spacial score (nSPS) is 12.4. The zero-order chi connectivity index (χ0) is 16.9. The zero-order valence-corrected chi connectivity index (χ0v) is 13.3. The number of ether oxygens (including phenoxy) is 2. The predicted molar refractivity (Wildman–Crippen MR) is 89.1 cm³/mol. The summed E-state index contributed by atoms with van der Waals surface area (Å²) in [6, 6.07) is 12.7. The molecule has 1 heterocycles. The molecular formula is C18H18N2O4. The Hall–Kier alpha value is -3.02. The van der Waals surface area contributed by atoms with E-state index in [0.717, 1.165) is 11.1 Å². The van der Waals surface area contributed by atoms with Crippen molar-refractivity contribution in [2.24, 2.45) is 0 Å². The average molecular weight is 326 g/mol. The maximum atomic E-state index is 12.0. The van der Waals surface area contributed by atoms with Gasteiger partial charge in [0.05, 0.1) is 0 Å². The number of hydrogen-bond acceptors (Lipinski definition) is 4. The Morgan fingerprint density at radius 1 is 1.00 bits per heavy atom. The van der Waals surface area contributed by atoms with E-state index in [1.807, 2.05) is 31.2 Å². The molecule has 1 aliphatic heterocycles. The number of nitrogens with one attached hydrogen (secondary N) is 2. The number of carbonyl (C=O) groups excluding carboxylic acids is 2. The second kappa shape index (κ2) is 7.04. The van der Waals surface area contributed by atoms with Crippen LogP contribution in [0.25, 0.3) is 0 Å². The van der Waals surface area contributed by atoms with E-state index in [2.05, 4.69) is 10.6 Å². The minimum absolute atomic E-state index is 0.306. The maximum Gasteiger partial charge on any atom is 0.313 e. The molecule has 0 aromatic heterocycles. The molecule has 2 amide bonds. The van der Waals surface area contributed by atoms with Crippen molar-refractivity contribution in [3.05, 3.63) is 53.6 Å². The fraction of sp³-hybridized carbons (Fsp3) is 0.222. The molecule has 0 unspecified atom stereocenters. The van der Waals surface area contributed by atoms with Crippen LogP contribution in [-0.4, -0.2) is 25.0 Å². The number of amides is 2. The summed E-state index contributed by atoms with van der Waals surface area (Å²) in [5, 5.41) is 5.17. The van der Waals surface area contributed by atoms with Crippen LogP contribution in [0.15, 0.2) is 42.5 Å². The van der Waals surface area contributed by atoms with Crippen molar-refractivity contribution in [3.8, 4) is 11.5 Å². The van der Waals surface area contributed by atoms with Crippen LogP contribution < -0.4 is 20.1 Å². The fourth-order valence-corrected chi connectivity index (χ4v) is 2.37. The van der Waals surface area contributed by atoms with E-state index in [0.29, 0.717) is 36.9 Å². The smallest absolute Gasteiger partial charge is 0.313 e. The van der Waals surface area contributed by atoms with Gasteiger partial charge in [-0.25, -0.2) is 0 Å². The van der Waals surface area contributed by atoms with Crippen LogP contribution in [0.4, 0.5) is 5.69 Å². The van der Waals surface area contributed by atoms with Crippen molar-refractivity contribution in [2.45, 2.75) is 13.5 Å². The monoisotopic (exact) mass is 326 g/mol. The first kappa shape index (κ1) is 15.9. The van der Waals surface area contributed by atoms with Crippen molar-refractivity contribution in [1.82, 2.24) is 5.32 Å². The van der Waals surface area contributed by atoms with Gasteiger partial charge in [0.2, 0.25) is 0 Å².